The Kier molecular flexibility index (Phi) is 9.29. The number of anilines is 2. The Morgan fingerprint density at radius 1 is 0.561 bits per heavy atom. The molecule has 4 N–H and O–H groups in total. The fraction of sp³-hybridized carbons (Fsp3) is 0. The number of nitrogens with two attached hydrogens (primary N) is 2. The van der Waals surface area contributed by atoms with E-state index in [0.29, 0.717) is 45.0 Å². The molecule has 41 heavy (non-hydrogen) atoms. The molecule has 0 aliphatic carbocycles. The van der Waals surface area contributed by atoms with Gasteiger partial charge < -0.3 is 30.1 Å². The first-order valence-electron chi connectivity index (χ1n) is 12.1. The van der Waals surface area contributed by atoms with Gasteiger partial charge in [0.15, 0.2) is 7.14 Å². The van der Waals surface area contributed by atoms with Crippen molar-refractivity contribution < 1.29 is 56.6 Å². The third kappa shape index (κ3) is 7.02. The van der Waals surface area contributed by atoms with Gasteiger partial charge in [0.2, 0.25) is 0 Å². The number of hydrogen-bond acceptors (Lipinski definition) is 8. The predicted octanol–water partition coefficient (Wildman–Crippen LogP) is 1.98. The van der Waals surface area contributed by atoms with Crippen LogP contribution in [0.2, 0.25) is 0 Å². The first-order valence-corrected chi connectivity index (χ1v) is 15.2. The van der Waals surface area contributed by atoms with Gasteiger partial charge in [0.25, 0.3) is 0 Å². The molecule has 0 aliphatic rings. The topological polar surface area (TPSA) is 145 Å². The van der Waals surface area contributed by atoms with Crippen molar-refractivity contribution in [3.05, 3.63) is 121 Å². The van der Waals surface area contributed by atoms with Gasteiger partial charge in [-0.1, -0.05) is 24.3 Å². The van der Waals surface area contributed by atoms with E-state index in [2.05, 4.69) is 0 Å². The summed E-state index contributed by atoms with van der Waals surface area (Å²) in [7, 11) is -8.42. The van der Waals surface area contributed by atoms with E-state index < -0.39 is 22.2 Å². The molecule has 202 valence electrons. The average Bonchev–Trinajstić information content (AvgIpc) is 2.93. The maximum atomic E-state index is 14.9. The number of rotatable bonds is 8. The minimum atomic E-state index is -4.77. The molecule has 0 aliphatic heterocycles. The van der Waals surface area contributed by atoms with Gasteiger partial charge in [-0.3, -0.25) is 0 Å². The van der Waals surface area contributed by atoms with Gasteiger partial charge in [-0.2, -0.15) is 0 Å². The van der Waals surface area contributed by atoms with Crippen molar-refractivity contribution >= 4 is 44.5 Å². The summed E-state index contributed by atoms with van der Waals surface area (Å²) in [5.41, 5.74) is 12.8. The van der Waals surface area contributed by atoms with Crippen molar-refractivity contribution in [2.45, 2.75) is 4.90 Å². The van der Waals surface area contributed by atoms with Crippen LogP contribution in [0.4, 0.5) is 11.4 Å². The third-order valence-electron chi connectivity index (χ3n) is 6.06. The van der Waals surface area contributed by atoms with E-state index in [1.165, 1.54) is 12.1 Å². The predicted molar refractivity (Wildman–Crippen MR) is 156 cm³/mol. The summed E-state index contributed by atoms with van der Waals surface area (Å²) in [6, 6.07) is 32.5. The standard InChI is InChI=1S/C30H25N2O6PS.Na/c31-21-4-1-6-25(18-21)37-23-10-14-27(15-11-23)39(33,29-8-3-9-30(20-29)40(34,35)36)28-16-12-24(13-17-28)38-26-7-2-5-22(32)19-26;/h1-20H,31-32H2,(H,34,35,36);/q;+1/p-1. The second-order valence-corrected chi connectivity index (χ2v) is 13.0. The van der Waals surface area contributed by atoms with Crippen LogP contribution in [-0.2, 0) is 14.7 Å². The molecule has 0 bridgehead atoms. The molecule has 0 saturated heterocycles. The minimum Gasteiger partial charge on any atom is -0.744 e. The number of hydrogen-bond donors (Lipinski definition) is 2. The number of benzene rings is 5. The van der Waals surface area contributed by atoms with E-state index in [1.54, 1.807) is 103 Å². The van der Waals surface area contributed by atoms with Crippen LogP contribution in [0.25, 0.3) is 0 Å². The monoisotopic (exact) mass is 594 g/mol. The Hall–Kier alpha value is -3.56. The molecule has 11 heteroatoms. The zero-order valence-electron chi connectivity index (χ0n) is 22.0. The second kappa shape index (κ2) is 12.5. The normalized spacial score (nSPS) is 11.3. The number of ether oxygens (including phenoxy) is 2. The van der Waals surface area contributed by atoms with Crippen molar-refractivity contribution in [1.29, 1.82) is 0 Å². The van der Waals surface area contributed by atoms with Gasteiger partial charge in [0, 0.05) is 39.4 Å². The van der Waals surface area contributed by atoms with E-state index in [0.717, 1.165) is 6.07 Å². The molecule has 0 saturated carbocycles. The summed E-state index contributed by atoms with van der Waals surface area (Å²) < 4.78 is 62.0. The first-order chi connectivity index (χ1) is 19.1. The molecule has 0 fully saturated rings. The van der Waals surface area contributed by atoms with Gasteiger partial charge in [-0.25, -0.2) is 8.42 Å². The molecule has 0 spiro atoms. The molecule has 0 atom stereocenters. The summed E-state index contributed by atoms with van der Waals surface area (Å²) in [5.74, 6) is 2.06. The van der Waals surface area contributed by atoms with E-state index in [4.69, 9.17) is 20.9 Å². The molecule has 0 heterocycles. The average molecular weight is 595 g/mol. The summed E-state index contributed by atoms with van der Waals surface area (Å²) in [5, 5.41) is 1.02. The maximum Gasteiger partial charge on any atom is 1.00 e. The fourth-order valence-electron chi connectivity index (χ4n) is 4.16. The Balaban J connectivity index is 0.00000387. The van der Waals surface area contributed by atoms with Gasteiger partial charge in [0.05, 0.1) is 4.90 Å². The molecule has 8 nitrogen and oxygen atoms in total. The van der Waals surface area contributed by atoms with Crippen LogP contribution in [0, 0.1) is 0 Å². The molecular weight excluding hydrogens is 570 g/mol. The summed E-state index contributed by atoms with van der Waals surface area (Å²) >= 11 is 0. The molecule has 0 unspecified atom stereocenters. The summed E-state index contributed by atoms with van der Waals surface area (Å²) in [4.78, 5) is -0.464. The van der Waals surface area contributed by atoms with Crippen LogP contribution in [0.3, 0.4) is 0 Å². The zero-order valence-corrected chi connectivity index (χ0v) is 25.7. The molecule has 5 rings (SSSR count). The smallest absolute Gasteiger partial charge is 0.744 e. The summed E-state index contributed by atoms with van der Waals surface area (Å²) in [6.45, 7) is 0. The van der Waals surface area contributed by atoms with E-state index in [9.17, 15) is 17.5 Å². The Bertz CT molecular complexity index is 1740. The number of nitrogen functional groups attached to an aromatic ring is 2. The van der Waals surface area contributed by atoms with Crippen LogP contribution in [0.15, 0.2) is 126 Å². The van der Waals surface area contributed by atoms with Gasteiger partial charge in [-0.15, -0.1) is 0 Å². The molecule has 5 aromatic carbocycles. The SMILES string of the molecule is Nc1cccc(Oc2ccc(P(=O)(c3ccc(Oc4cccc(N)c4)cc3)c3cccc(S(=O)(=O)[O-])c3)cc2)c1.[Na+]. The quantitative estimate of drug-likeness (QED) is 0.120. The van der Waals surface area contributed by atoms with Gasteiger partial charge in [-0.05, 0) is 84.9 Å². The third-order valence-corrected chi connectivity index (χ3v) is 9.95. The van der Waals surface area contributed by atoms with Crippen molar-refractivity contribution in [3.63, 3.8) is 0 Å². The van der Waals surface area contributed by atoms with Crippen LogP contribution in [0.5, 0.6) is 23.0 Å². The maximum absolute atomic E-state index is 14.9. The van der Waals surface area contributed by atoms with E-state index in [-0.39, 0.29) is 34.9 Å². The zero-order chi connectivity index (χ0) is 28.3. The first kappa shape index (κ1) is 30.4. The molecule has 0 radical (unpaired) electrons. The van der Waals surface area contributed by atoms with Crippen molar-refractivity contribution in [2.75, 3.05) is 11.5 Å². The van der Waals surface area contributed by atoms with E-state index >= 15 is 0 Å². The Morgan fingerprint density at radius 2 is 1.00 bits per heavy atom. The Morgan fingerprint density at radius 3 is 1.41 bits per heavy atom. The van der Waals surface area contributed by atoms with Crippen LogP contribution < -0.4 is 66.4 Å². The Labute approximate surface area is 260 Å². The van der Waals surface area contributed by atoms with Crippen LogP contribution in [0.1, 0.15) is 0 Å². The molecular formula is C30H24N2NaO6PS. The largest absolute Gasteiger partial charge is 1.00 e. The van der Waals surface area contributed by atoms with Gasteiger partial charge >= 0.3 is 29.6 Å². The molecule has 0 amide bonds. The summed E-state index contributed by atoms with van der Waals surface area (Å²) in [6.07, 6.45) is 0. The van der Waals surface area contributed by atoms with Crippen LogP contribution >= 0.6 is 7.14 Å². The second-order valence-electron chi connectivity index (χ2n) is 8.90. The van der Waals surface area contributed by atoms with Gasteiger partial charge in [0.1, 0.15) is 33.1 Å². The molecule has 0 aromatic heterocycles. The minimum absolute atomic E-state index is 0. The fourth-order valence-corrected chi connectivity index (χ4v) is 7.41. The van der Waals surface area contributed by atoms with Crippen molar-refractivity contribution in [3.8, 4) is 23.0 Å². The van der Waals surface area contributed by atoms with E-state index in [1.807, 2.05) is 0 Å². The van der Waals surface area contributed by atoms with Crippen molar-refractivity contribution in [2.24, 2.45) is 0 Å². The van der Waals surface area contributed by atoms with Crippen molar-refractivity contribution in [1.82, 2.24) is 0 Å². The van der Waals surface area contributed by atoms with Crippen LogP contribution in [-0.4, -0.2) is 13.0 Å². The molecule has 5 aromatic rings.